The Morgan fingerprint density at radius 1 is 1.24 bits per heavy atom. The molecule has 0 aliphatic carbocycles. The summed E-state index contributed by atoms with van der Waals surface area (Å²) in [6.45, 7) is -0.326. The van der Waals surface area contributed by atoms with Crippen LogP contribution in [0.3, 0.4) is 0 Å². The first kappa shape index (κ1) is 24.9. The van der Waals surface area contributed by atoms with E-state index >= 15 is 0 Å². The number of amides is 1. The SMILES string of the molecule is CN(C)c1ccc(N=Nc2ccc(SOO[O-])cc2)c(NC(=O)CN=[N+]=[N-])c1.[Na+]. The molecule has 0 fully saturated rings. The van der Waals surface area contributed by atoms with Gasteiger partial charge >= 0.3 is 29.6 Å². The summed E-state index contributed by atoms with van der Waals surface area (Å²) in [6.07, 6.45) is 0. The van der Waals surface area contributed by atoms with Crippen LogP contribution in [0.2, 0.25) is 0 Å². The van der Waals surface area contributed by atoms with Crippen LogP contribution in [0.15, 0.2) is 62.7 Å². The maximum absolute atomic E-state index is 11.9. The van der Waals surface area contributed by atoms with Crippen molar-refractivity contribution in [1.29, 1.82) is 0 Å². The van der Waals surface area contributed by atoms with Crippen molar-refractivity contribution in [2.24, 2.45) is 15.3 Å². The van der Waals surface area contributed by atoms with E-state index in [9.17, 15) is 10.1 Å². The van der Waals surface area contributed by atoms with Crippen molar-refractivity contribution in [2.45, 2.75) is 4.90 Å². The van der Waals surface area contributed by atoms with E-state index in [0.717, 1.165) is 17.7 Å². The first-order valence-electron chi connectivity index (χ1n) is 7.80. The largest absolute Gasteiger partial charge is 1.00 e. The molecule has 29 heavy (non-hydrogen) atoms. The fourth-order valence-corrected chi connectivity index (χ4v) is 2.36. The first-order valence-corrected chi connectivity index (χ1v) is 8.54. The Morgan fingerprint density at radius 2 is 1.97 bits per heavy atom. The maximum atomic E-state index is 11.9. The van der Waals surface area contributed by atoms with Gasteiger partial charge < -0.3 is 15.5 Å². The number of hydrogen-bond acceptors (Lipinski definition) is 9. The number of carbonyl (C=O) groups excluding carboxylic acids is 1. The summed E-state index contributed by atoms with van der Waals surface area (Å²) >= 11 is 0.770. The van der Waals surface area contributed by atoms with E-state index in [1.54, 1.807) is 36.4 Å². The molecule has 13 heteroatoms. The molecular weight excluding hydrogens is 409 g/mol. The van der Waals surface area contributed by atoms with Gasteiger partial charge in [0.1, 0.15) is 12.2 Å². The number of hydrogen-bond donors (Lipinski definition) is 1. The van der Waals surface area contributed by atoms with Gasteiger partial charge in [0.2, 0.25) is 5.91 Å². The van der Waals surface area contributed by atoms with Crippen LogP contribution >= 0.6 is 12.0 Å². The third kappa shape index (κ3) is 8.40. The molecule has 11 nitrogen and oxygen atoms in total. The van der Waals surface area contributed by atoms with E-state index in [-0.39, 0.29) is 36.1 Å². The van der Waals surface area contributed by atoms with E-state index in [2.05, 4.69) is 34.9 Å². The number of azide groups is 1. The first-order chi connectivity index (χ1) is 13.5. The Morgan fingerprint density at radius 3 is 2.59 bits per heavy atom. The van der Waals surface area contributed by atoms with Crippen molar-refractivity contribution in [3.05, 3.63) is 52.9 Å². The molecule has 1 N–H and O–H groups in total. The third-order valence-electron chi connectivity index (χ3n) is 3.32. The molecule has 146 valence electrons. The maximum Gasteiger partial charge on any atom is 1.00 e. The van der Waals surface area contributed by atoms with Crippen LogP contribution in [0.25, 0.3) is 10.4 Å². The minimum Gasteiger partial charge on any atom is -0.691 e. The summed E-state index contributed by atoms with van der Waals surface area (Å²) < 4.78 is 4.23. The Labute approximate surface area is 193 Å². The monoisotopic (exact) mass is 425 g/mol. The van der Waals surface area contributed by atoms with E-state index in [1.165, 1.54) is 0 Å². The smallest absolute Gasteiger partial charge is 0.691 e. The van der Waals surface area contributed by atoms with Crippen LogP contribution in [-0.2, 0) is 14.2 Å². The average Bonchev–Trinajstić information content (AvgIpc) is 2.70. The molecule has 0 aromatic heterocycles. The van der Waals surface area contributed by atoms with Gasteiger partial charge in [-0.3, -0.25) is 9.83 Å². The van der Waals surface area contributed by atoms with Crippen LogP contribution in [0.1, 0.15) is 0 Å². The Kier molecular flexibility index (Phi) is 11.3. The molecular formula is C16H16N7NaO4S. The summed E-state index contributed by atoms with van der Waals surface area (Å²) in [5.41, 5.74) is 10.6. The van der Waals surface area contributed by atoms with E-state index in [0.29, 0.717) is 22.0 Å². The Bertz CT molecular complexity index is 889. The zero-order valence-electron chi connectivity index (χ0n) is 16.0. The summed E-state index contributed by atoms with van der Waals surface area (Å²) in [7, 11) is 3.73. The molecule has 2 aromatic rings. The van der Waals surface area contributed by atoms with E-state index < -0.39 is 5.91 Å². The standard InChI is InChI=1S/C16H17N7O4S.Na/c1-23(2)12-5-8-14(15(9-12)19-16(24)10-18-22-17)21-20-11-3-6-13(7-4-11)28-27-26-25;/h3-9,25H,10H2,1-2H3,(H,19,24);/q;+1/p-1. The fraction of sp³-hybridized carbons (Fsp3) is 0.188. The quantitative estimate of drug-likeness (QED) is 0.119. The van der Waals surface area contributed by atoms with Gasteiger partial charge in [0, 0.05) is 29.6 Å². The molecule has 2 rings (SSSR count). The summed E-state index contributed by atoms with van der Waals surface area (Å²) in [5, 5.41) is 27.3. The molecule has 0 bridgehead atoms. The summed E-state index contributed by atoms with van der Waals surface area (Å²) in [6, 6.07) is 12.0. The second kappa shape index (κ2) is 13.1. The predicted octanol–water partition coefficient (Wildman–Crippen LogP) is 0.651. The van der Waals surface area contributed by atoms with Crippen molar-refractivity contribution in [3.8, 4) is 0 Å². The third-order valence-corrected chi connectivity index (χ3v) is 3.90. The molecule has 0 spiro atoms. The number of rotatable bonds is 9. The second-order valence-corrected chi connectivity index (χ2v) is 6.22. The number of benzene rings is 2. The topological polar surface area (TPSA) is 147 Å². The molecule has 0 saturated heterocycles. The summed E-state index contributed by atoms with van der Waals surface area (Å²) in [5.74, 6) is -0.466. The molecule has 0 saturated carbocycles. The predicted molar refractivity (Wildman–Crippen MR) is 102 cm³/mol. The van der Waals surface area contributed by atoms with Gasteiger partial charge in [-0.15, -0.1) is 5.11 Å². The van der Waals surface area contributed by atoms with Crippen LogP contribution < -0.4 is 45.0 Å². The summed E-state index contributed by atoms with van der Waals surface area (Å²) in [4.78, 5) is 17.0. The normalized spacial score (nSPS) is 10.2. The van der Waals surface area contributed by atoms with E-state index in [1.807, 2.05) is 25.1 Å². The van der Waals surface area contributed by atoms with Crippen molar-refractivity contribution in [1.82, 2.24) is 0 Å². The molecule has 0 radical (unpaired) electrons. The van der Waals surface area contributed by atoms with Crippen LogP contribution in [-0.4, -0.2) is 26.5 Å². The molecule has 1 amide bonds. The number of azo groups is 1. The molecule has 0 atom stereocenters. The van der Waals surface area contributed by atoms with Gasteiger partial charge in [-0.25, -0.2) is 0 Å². The molecule has 0 unspecified atom stereocenters. The number of nitrogens with zero attached hydrogens (tertiary/aromatic N) is 6. The van der Waals surface area contributed by atoms with Gasteiger partial charge in [0.15, 0.2) is 0 Å². The molecule has 0 heterocycles. The van der Waals surface area contributed by atoms with Crippen molar-refractivity contribution in [2.75, 3.05) is 30.9 Å². The number of anilines is 2. The minimum absolute atomic E-state index is 0. The second-order valence-electron chi connectivity index (χ2n) is 5.45. The van der Waals surface area contributed by atoms with Gasteiger partial charge in [-0.1, -0.05) is 5.11 Å². The minimum atomic E-state index is -0.466. The molecule has 2 aromatic carbocycles. The Balaban J connectivity index is 0.00000420. The zero-order valence-corrected chi connectivity index (χ0v) is 18.8. The number of nitrogens with one attached hydrogen (secondary N) is 1. The molecule has 0 aliphatic rings. The van der Waals surface area contributed by atoms with Gasteiger partial charge in [-0.2, -0.15) is 9.45 Å². The van der Waals surface area contributed by atoms with Gasteiger partial charge in [0.05, 0.1) is 23.4 Å². The average molecular weight is 425 g/mol. The van der Waals surface area contributed by atoms with Crippen molar-refractivity contribution < 1.29 is 49.0 Å². The van der Waals surface area contributed by atoms with Crippen LogP contribution in [0.5, 0.6) is 0 Å². The zero-order chi connectivity index (χ0) is 20.4. The Hall–Kier alpha value is -2.15. The van der Waals surface area contributed by atoms with Crippen molar-refractivity contribution in [3.63, 3.8) is 0 Å². The van der Waals surface area contributed by atoms with Crippen LogP contribution in [0.4, 0.5) is 22.7 Å². The van der Waals surface area contributed by atoms with Crippen LogP contribution in [0, 0.1) is 0 Å². The van der Waals surface area contributed by atoms with Gasteiger partial charge in [0.25, 0.3) is 0 Å². The van der Waals surface area contributed by atoms with E-state index in [4.69, 9.17) is 5.53 Å². The number of carbonyl (C=O) groups is 1. The fourth-order valence-electron chi connectivity index (χ4n) is 2.01. The molecule has 0 aliphatic heterocycles. The van der Waals surface area contributed by atoms with Gasteiger partial charge in [-0.05, 0) is 48.0 Å². The van der Waals surface area contributed by atoms with Crippen molar-refractivity contribution >= 4 is 40.7 Å².